The zero-order valence-electron chi connectivity index (χ0n) is 14.9. The van der Waals surface area contributed by atoms with Gasteiger partial charge in [0.1, 0.15) is 5.82 Å². The Bertz CT molecular complexity index is 583. The number of benzene rings is 1. The molecule has 1 fully saturated rings. The molecular weight excluding hydrogens is 323 g/mol. The van der Waals surface area contributed by atoms with E-state index in [1.54, 1.807) is 12.1 Å². The van der Waals surface area contributed by atoms with Crippen LogP contribution >= 0.6 is 0 Å². The van der Waals surface area contributed by atoms with E-state index in [4.69, 9.17) is 5.11 Å². The molecule has 1 unspecified atom stereocenters. The number of carboxylic acid groups (broad SMARTS) is 1. The Balaban J connectivity index is 1.84. The van der Waals surface area contributed by atoms with Gasteiger partial charge in [0.2, 0.25) is 5.91 Å². The Morgan fingerprint density at radius 3 is 2.40 bits per heavy atom. The third-order valence-electron chi connectivity index (χ3n) is 5.00. The molecule has 6 heteroatoms. The highest BCUT2D eigenvalue weighted by Crippen LogP contribution is 2.23. The first-order valence-electron chi connectivity index (χ1n) is 8.89. The molecule has 25 heavy (non-hydrogen) atoms. The molecule has 0 aliphatic carbocycles. The molecule has 2 rings (SSSR count). The molecule has 1 aromatic rings. The van der Waals surface area contributed by atoms with E-state index >= 15 is 0 Å². The van der Waals surface area contributed by atoms with Crippen molar-refractivity contribution in [1.29, 1.82) is 0 Å². The number of halogens is 1. The van der Waals surface area contributed by atoms with Crippen LogP contribution in [-0.4, -0.2) is 59.0 Å². The number of hydrogen-bond acceptors (Lipinski definition) is 3. The SMILES string of the molecule is CCN(CC(=O)O)C1CCN(C(=O)CC(C)c2ccc(F)cc2)CC1. The van der Waals surface area contributed by atoms with Crippen molar-refractivity contribution in [2.45, 2.75) is 45.1 Å². The molecule has 1 saturated heterocycles. The number of piperidine rings is 1. The minimum atomic E-state index is -0.812. The predicted molar refractivity (Wildman–Crippen MR) is 93.9 cm³/mol. The van der Waals surface area contributed by atoms with E-state index in [0.29, 0.717) is 26.1 Å². The minimum absolute atomic E-state index is 0.0463. The maximum absolute atomic E-state index is 13.0. The zero-order valence-corrected chi connectivity index (χ0v) is 14.9. The van der Waals surface area contributed by atoms with Gasteiger partial charge in [0, 0.05) is 25.6 Å². The van der Waals surface area contributed by atoms with Crippen LogP contribution in [0.15, 0.2) is 24.3 Å². The van der Waals surface area contributed by atoms with E-state index in [-0.39, 0.29) is 30.2 Å². The quantitative estimate of drug-likeness (QED) is 0.821. The number of rotatable bonds is 7. The maximum Gasteiger partial charge on any atom is 0.317 e. The predicted octanol–water partition coefficient (Wildman–Crippen LogP) is 2.72. The molecule has 1 amide bonds. The van der Waals surface area contributed by atoms with Crippen molar-refractivity contribution >= 4 is 11.9 Å². The van der Waals surface area contributed by atoms with Crippen LogP contribution < -0.4 is 0 Å². The normalized spacial score (nSPS) is 16.9. The molecule has 1 N–H and O–H groups in total. The van der Waals surface area contributed by atoms with Crippen LogP contribution in [0.3, 0.4) is 0 Å². The summed E-state index contributed by atoms with van der Waals surface area (Å²) in [7, 11) is 0. The molecule has 1 aromatic carbocycles. The third kappa shape index (κ3) is 5.53. The Morgan fingerprint density at radius 1 is 1.28 bits per heavy atom. The standard InChI is InChI=1S/C19H27FN2O3/c1-3-21(13-19(24)25)17-8-10-22(11-9-17)18(23)12-14(2)15-4-6-16(20)7-5-15/h4-7,14,17H,3,8-13H2,1-2H3,(H,24,25). The highest BCUT2D eigenvalue weighted by molar-refractivity contribution is 5.77. The first-order chi connectivity index (χ1) is 11.9. The second-order valence-electron chi connectivity index (χ2n) is 6.73. The average molecular weight is 350 g/mol. The first-order valence-corrected chi connectivity index (χ1v) is 8.89. The van der Waals surface area contributed by atoms with Crippen molar-refractivity contribution in [3.05, 3.63) is 35.6 Å². The number of likely N-dealkylation sites (N-methyl/N-ethyl adjacent to an activating group) is 1. The number of nitrogens with zero attached hydrogens (tertiary/aromatic N) is 2. The Kier molecular flexibility index (Phi) is 6.93. The summed E-state index contributed by atoms with van der Waals surface area (Å²) >= 11 is 0. The summed E-state index contributed by atoms with van der Waals surface area (Å²) in [4.78, 5) is 27.3. The van der Waals surface area contributed by atoms with Crippen molar-refractivity contribution in [3.8, 4) is 0 Å². The smallest absolute Gasteiger partial charge is 0.317 e. The fourth-order valence-electron chi connectivity index (χ4n) is 3.45. The summed E-state index contributed by atoms with van der Waals surface area (Å²) in [5, 5.41) is 8.98. The van der Waals surface area contributed by atoms with E-state index in [1.807, 2.05) is 23.6 Å². The van der Waals surface area contributed by atoms with Gasteiger partial charge in [-0.3, -0.25) is 14.5 Å². The van der Waals surface area contributed by atoms with Gasteiger partial charge in [0.05, 0.1) is 6.54 Å². The lowest BCUT2D eigenvalue weighted by atomic mass is 9.96. The molecule has 138 valence electrons. The minimum Gasteiger partial charge on any atom is -0.480 e. The van der Waals surface area contributed by atoms with Gasteiger partial charge in [0.25, 0.3) is 0 Å². The van der Waals surface area contributed by atoms with E-state index in [1.165, 1.54) is 12.1 Å². The molecular formula is C19H27FN2O3. The first kappa shape index (κ1) is 19.4. The number of carbonyl (C=O) groups excluding carboxylic acids is 1. The second-order valence-corrected chi connectivity index (χ2v) is 6.73. The summed E-state index contributed by atoms with van der Waals surface area (Å²) in [6.07, 6.45) is 2.01. The lowest BCUT2D eigenvalue weighted by Crippen LogP contribution is -2.48. The van der Waals surface area contributed by atoms with Gasteiger partial charge in [-0.25, -0.2) is 4.39 Å². The van der Waals surface area contributed by atoms with Crippen molar-refractivity contribution < 1.29 is 19.1 Å². The zero-order chi connectivity index (χ0) is 18.4. The largest absolute Gasteiger partial charge is 0.480 e. The summed E-state index contributed by atoms with van der Waals surface area (Å²) < 4.78 is 13.0. The number of carboxylic acids is 1. The summed E-state index contributed by atoms with van der Waals surface area (Å²) in [5.74, 6) is -0.929. The van der Waals surface area contributed by atoms with Crippen LogP contribution in [0.1, 0.15) is 44.6 Å². The van der Waals surface area contributed by atoms with Gasteiger partial charge < -0.3 is 10.0 Å². The van der Waals surface area contributed by atoms with E-state index in [0.717, 1.165) is 18.4 Å². The summed E-state index contributed by atoms with van der Waals surface area (Å²) in [5.41, 5.74) is 0.961. The van der Waals surface area contributed by atoms with Crippen molar-refractivity contribution in [1.82, 2.24) is 9.80 Å². The third-order valence-corrected chi connectivity index (χ3v) is 5.00. The molecule has 0 radical (unpaired) electrons. The number of likely N-dealkylation sites (tertiary alicyclic amines) is 1. The number of hydrogen-bond donors (Lipinski definition) is 1. The van der Waals surface area contributed by atoms with Crippen LogP contribution in [0.5, 0.6) is 0 Å². The van der Waals surface area contributed by atoms with Crippen LogP contribution in [0.2, 0.25) is 0 Å². The molecule has 1 aliphatic rings. The van der Waals surface area contributed by atoms with Crippen LogP contribution in [0.25, 0.3) is 0 Å². The fraction of sp³-hybridized carbons (Fsp3) is 0.579. The van der Waals surface area contributed by atoms with Gasteiger partial charge in [-0.2, -0.15) is 0 Å². The van der Waals surface area contributed by atoms with E-state index in [9.17, 15) is 14.0 Å². The maximum atomic E-state index is 13.0. The van der Waals surface area contributed by atoms with Gasteiger partial charge in [-0.05, 0) is 43.0 Å². The van der Waals surface area contributed by atoms with Crippen LogP contribution in [0, 0.1) is 5.82 Å². The van der Waals surface area contributed by atoms with Crippen molar-refractivity contribution in [2.24, 2.45) is 0 Å². The molecule has 0 bridgehead atoms. The molecule has 1 aliphatic heterocycles. The lowest BCUT2D eigenvalue weighted by Gasteiger charge is -2.37. The van der Waals surface area contributed by atoms with Gasteiger partial charge in [-0.15, -0.1) is 0 Å². The van der Waals surface area contributed by atoms with Gasteiger partial charge in [0.15, 0.2) is 0 Å². The lowest BCUT2D eigenvalue weighted by molar-refractivity contribution is -0.140. The Labute approximate surface area is 148 Å². The topological polar surface area (TPSA) is 60.9 Å². The Hall–Kier alpha value is -1.95. The van der Waals surface area contributed by atoms with Gasteiger partial charge >= 0.3 is 5.97 Å². The molecule has 1 heterocycles. The van der Waals surface area contributed by atoms with Gasteiger partial charge in [-0.1, -0.05) is 26.0 Å². The highest BCUT2D eigenvalue weighted by atomic mass is 19.1. The van der Waals surface area contributed by atoms with Crippen molar-refractivity contribution in [2.75, 3.05) is 26.2 Å². The number of carbonyl (C=O) groups is 2. The van der Waals surface area contributed by atoms with Crippen molar-refractivity contribution in [3.63, 3.8) is 0 Å². The molecule has 1 atom stereocenters. The monoisotopic (exact) mass is 350 g/mol. The molecule has 5 nitrogen and oxygen atoms in total. The average Bonchev–Trinajstić information content (AvgIpc) is 2.60. The van der Waals surface area contributed by atoms with Crippen LogP contribution in [-0.2, 0) is 9.59 Å². The number of amides is 1. The second kappa shape index (κ2) is 8.94. The Morgan fingerprint density at radius 2 is 1.88 bits per heavy atom. The summed E-state index contributed by atoms with van der Waals surface area (Å²) in [6, 6.07) is 6.52. The van der Waals surface area contributed by atoms with Crippen LogP contribution in [0.4, 0.5) is 4.39 Å². The molecule has 0 aromatic heterocycles. The highest BCUT2D eigenvalue weighted by Gasteiger charge is 2.27. The molecule has 0 saturated carbocycles. The van der Waals surface area contributed by atoms with E-state index < -0.39 is 5.97 Å². The van der Waals surface area contributed by atoms with E-state index in [2.05, 4.69) is 0 Å². The molecule has 0 spiro atoms. The fourth-order valence-corrected chi connectivity index (χ4v) is 3.45. The summed E-state index contributed by atoms with van der Waals surface area (Å²) in [6.45, 7) is 6.02. The number of aliphatic carboxylic acids is 1.